The second-order valence-electron chi connectivity index (χ2n) is 9.18. The van der Waals surface area contributed by atoms with Crippen LogP contribution in [0.2, 0.25) is 0 Å². The van der Waals surface area contributed by atoms with Gasteiger partial charge in [-0.05, 0) is 68.4 Å². The molecule has 1 amide bonds. The molecule has 1 aromatic heterocycles. The summed E-state index contributed by atoms with van der Waals surface area (Å²) >= 11 is 0. The van der Waals surface area contributed by atoms with Crippen LogP contribution in [0.3, 0.4) is 0 Å². The van der Waals surface area contributed by atoms with Crippen LogP contribution in [-0.2, 0) is 11.3 Å². The maximum Gasteiger partial charge on any atom is 0.247 e. The number of nitrogens with zero attached hydrogens (tertiary/aromatic N) is 3. The molecular formula is C22H26FN3O2. The first-order chi connectivity index (χ1) is 13.4. The Morgan fingerprint density at radius 1 is 1.18 bits per heavy atom. The number of hydrogen-bond donors (Lipinski definition) is 0. The molecule has 0 unspecified atom stereocenters. The molecule has 4 fully saturated rings. The zero-order chi connectivity index (χ0) is 19.5. The summed E-state index contributed by atoms with van der Waals surface area (Å²) in [5.41, 5.74) is 1.03. The molecule has 1 heterocycles. The van der Waals surface area contributed by atoms with Crippen LogP contribution < -0.4 is 0 Å². The molecule has 0 saturated heterocycles. The summed E-state index contributed by atoms with van der Waals surface area (Å²) in [7, 11) is 0. The third-order valence-corrected chi connectivity index (χ3v) is 7.11. The van der Waals surface area contributed by atoms with Gasteiger partial charge in [-0.2, -0.15) is 0 Å². The van der Waals surface area contributed by atoms with Crippen molar-refractivity contribution >= 4 is 5.91 Å². The van der Waals surface area contributed by atoms with E-state index in [9.17, 15) is 9.18 Å². The van der Waals surface area contributed by atoms with Crippen LogP contribution in [0.4, 0.5) is 4.39 Å². The molecular weight excluding hydrogens is 357 g/mol. The molecule has 28 heavy (non-hydrogen) atoms. The summed E-state index contributed by atoms with van der Waals surface area (Å²) in [6, 6.07) is 4.98. The third kappa shape index (κ3) is 2.93. The molecule has 5 nitrogen and oxygen atoms in total. The Morgan fingerprint density at radius 2 is 1.82 bits per heavy atom. The number of carbonyl (C=O) groups is 1. The number of aryl methyl sites for hydroxylation is 1. The topological polar surface area (TPSA) is 59.2 Å². The van der Waals surface area contributed by atoms with Crippen LogP contribution in [0.5, 0.6) is 0 Å². The lowest BCUT2D eigenvalue weighted by molar-refractivity contribution is -0.150. The van der Waals surface area contributed by atoms with Gasteiger partial charge in [0.15, 0.2) is 0 Å². The molecule has 4 aliphatic rings. The van der Waals surface area contributed by atoms with Crippen molar-refractivity contribution in [2.24, 2.45) is 17.8 Å². The second-order valence-corrected chi connectivity index (χ2v) is 9.18. The number of benzene rings is 1. The average molecular weight is 383 g/mol. The molecule has 4 saturated carbocycles. The largest absolute Gasteiger partial charge is 0.421 e. The van der Waals surface area contributed by atoms with E-state index < -0.39 is 0 Å². The molecule has 148 valence electrons. The predicted octanol–water partition coefficient (Wildman–Crippen LogP) is 4.50. The maximum atomic E-state index is 14.9. The van der Waals surface area contributed by atoms with Gasteiger partial charge in [0.05, 0.1) is 0 Å². The van der Waals surface area contributed by atoms with Crippen molar-refractivity contribution < 1.29 is 13.6 Å². The van der Waals surface area contributed by atoms with E-state index in [1.54, 1.807) is 26.0 Å². The molecule has 6 rings (SSSR count). The molecule has 0 N–H and O–H groups in total. The summed E-state index contributed by atoms with van der Waals surface area (Å²) in [5.74, 6) is 2.70. The van der Waals surface area contributed by atoms with Gasteiger partial charge in [0.25, 0.3) is 0 Å². The Bertz CT molecular complexity index is 887. The Hall–Kier alpha value is -2.24. The SMILES string of the molecule is CC(=O)N(Cc1ccc(-c2nnc(C)o2)cc1F)C12CC3CC(CC(C3)C1)C2. The monoisotopic (exact) mass is 383 g/mol. The fraction of sp³-hybridized carbons (Fsp3) is 0.591. The Morgan fingerprint density at radius 3 is 2.32 bits per heavy atom. The summed E-state index contributed by atoms with van der Waals surface area (Å²) in [6.45, 7) is 3.67. The number of amides is 1. The van der Waals surface area contributed by atoms with Crippen molar-refractivity contribution in [2.75, 3.05) is 0 Å². The van der Waals surface area contributed by atoms with Crippen molar-refractivity contribution in [3.8, 4) is 11.5 Å². The molecule has 0 atom stereocenters. The van der Waals surface area contributed by atoms with Crippen LogP contribution in [0.15, 0.2) is 22.6 Å². The average Bonchev–Trinajstić information content (AvgIpc) is 3.05. The fourth-order valence-electron chi connectivity index (χ4n) is 6.40. The number of halogens is 1. The van der Waals surface area contributed by atoms with Gasteiger partial charge in [-0.15, -0.1) is 10.2 Å². The minimum absolute atomic E-state index is 0.0537. The lowest BCUT2D eigenvalue weighted by Crippen LogP contribution is -2.60. The summed E-state index contributed by atoms with van der Waals surface area (Å²) in [6.07, 6.45) is 7.20. The predicted molar refractivity (Wildman–Crippen MR) is 102 cm³/mol. The maximum absolute atomic E-state index is 14.9. The van der Waals surface area contributed by atoms with E-state index >= 15 is 0 Å². The summed E-state index contributed by atoms with van der Waals surface area (Å²) < 4.78 is 20.3. The normalized spacial score (nSPS) is 30.6. The van der Waals surface area contributed by atoms with Gasteiger partial charge in [-0.3, -0.25) is 4.79 Å². The van der Waals surface area contributed by atoms with E-state index in [2.05, 4.69) is 10.2 Å². The van der Waals surface area contributed by atoms with Crippen LogP contribution in [0.25, 0.3) is 11.5 Å². The van der Waals surface area contributed by atoms with E-state index in [0.29, 0.717) is 29.5 Å². The third-order valence-electron chi connectivity index (χ3n) is 7.11. The van der Waals surface area contributed by atoms with Crippen LogP contribution in [0, 0.1) is 30.5 Å². The van der Waals surface area contributed by atoms with Gasteiger partial charge in [0.1, 0.15) is 5.82 Å². The van der Waals surface area contributed by atoms with Gasteiger partial charge < -0.3 is 9.32 Å². The molecule has 6 heteroatoms. The van der Waals surface area contributed by atoms with Crippen LogP contribution in [-0.4, -0.2) is 26.5 Å². The number of carbonyl (C=O) groups excluding carboxylic acids is 1. The molecule has 4 bridgehead atoms. The van der Waals surface area contributed by atoms with E-state index in [1.807, 2.05) is 4.90 Å². The first kappa shape index (κ1) is 17.8. The standard InChI is InChI=1S/C22H26FN3O2/c1-13-24-25-21(28-13)18-3-4-19(20(23)8-18)12-26(14(2)27)22-9-15-5-16(10-22)7-17(6-15)11-22/h3-4,8,15-17H,5-7,9-12H2,1-2H3. The van der Waals surface area contributed by atoms with Gasteiger partial charge in [-0.25, -0.2) is 4.39 Å². The highest BCUT2D eigenvalue weighted by Crippen LogP contribution is 2.58. The van der Waals surface area contributed by atoms with E-state index in [4.69, 9.17) is 4.42 Å². The second kappa shape index (κ2) is 6.39. The smallest absolute Gasteiger partial charge is 0.247 e. The van der Waals surface area contributed by atoms with E-state index in [-0.39, 0.29) is 17.3 Å². The minimum atomic E-state index is -0.329. The van der Waals surface area contributed by atoms with Crippen molar-refractivity contribution in [2.45, 2.75) is 64.5 Å². The van der Waals surface area contributed by atoms with E-state index in [0.717, 1.165) is 37.0 Å². The molecule has 0 spiro atoms. The highest BCUT2D eigenvalue weighted by atomic mass is 19.1. The Kier molecular flexibility index (Phi) is 4.07. The van der Waals surface area contributed by atoms with Crippen molar-refractivity contribution in [1.82, 2.24) is 15.1 Å². The first-order valence-electron chi connectivity index (χ1n) is 10.3. The van der Waals surface area contributed by atoms with Crippen molar-refractivity contribution in [1.29, 1.82) is 0 Å². The lowest BCUT2D eigenvalue weighted by Gasteiger charge is -2.60. The summed E-state index contributed by atoms with van der Waals surface area (Å²) in [5, 5.41) is 7.76. The quantitative estimate of drug-likeness (QED) is 0.780. The van der Waals surface area contributed by atoms with Crippen LogP contribution in [0.1, 0.15) is 56.9 Å². The lowest BCUT2D eigenvalue weighted by atomic mass is 9.52. The molecule has 2 aromatic rings. The van der Waals surface area contributed by atoms with Gasteiger partial charge in [0.2, 0.25) is 17.7 Å². The van der Waals surface area contributed by atoms with E-state index in [1.165, 1.54) is 25.3 Å². The van der Waals surface area contributed by atoms with Crippen LogP contribution >= 0.6 is 0 Å². The molecule has 0 aliphatic heterocycles. The van der Waals surface area contributed by atoms with Gasteiger partial charge in [-0.1, -0.05) is 6.07 Å². The van der Waals surface area contributed by atoms with Crippen molar-refractivity contribution in [3.63, 3.8) is 0 Å². The molecule has 1 aromatic carbocycles. The van der Waals surface area contributed by atoms with Gasteiger partial charge >= 0.3 is 0 Å². The fourth-order valence-corrected chi connectivity index (χ4v) is 6.40. The highest BCUT2D eigenvalue weighted by molar-refractivity contribution is 5.74. The van der Waals surface area contributed by atoms with Crippen molar-refractivity contribution in [3.05, 3.63) is 35.5 Å². The van der Waals surface area contributed by atoms with Gasteiger partial charge in [0, 0.05) is 37.1 Å². The minimum Gasteiger partial charge on any atom is -0.421 e. The molecule has 4 aliphatic carbocycles. The highest BCUT2D eigenvalue weighted by Gasteiger charge is 2.54. The Labute approximate surface area is 164 Å². The number of aromatic nitrogens is 2. The first-order valence-corrected chi connectivity index (χ1v) is 10.3. The zero-order valence-corrected chi connectivity index (χ0v) is 16.4. The molecule has 0 radical (unpaired) electrons. The number of hydrogen-bond acceptors (Lipinski definition) is 4. The zero-order valence-electron chi connectivity index (χ0n) is 16.4. The Balaban J connectivity index is 1.42. The summed E-state index contributed by atoms with van der Waals surface area (Å²) in [4.78, 5) is 14.6. The number of rotatable bonds is 4.